The molecular formula is C27H40N6O6. The fourth-order valence-corrected chi connectivity index (χ4v) is 4.22. The average Bonchev–Trinajstić information content (AvgIpc) is 3.26. The van der Waals surface area contributed by atoms with Gasteiger partial charge in [-0.25, -0.2) is 4.79 Å². The van der Waals surface area contributed by atoms with Crippen molar-refractivity contribution in [2.75, 3.05) is 0 Å². The lowest BCUT2D eigenvalue weighted by molar-refractivity contribution is -0.143. The molecule has 0 aliphatic rings. The van der Waals surface area contributed by atoms with Crippen LogP contribution < -0.4 is 27.4 Å². The number of carbonyl (C=O) groups excluding carboxylic acids is 4. The zero-order valence-electron chi connectivity index (χ0n) is 22.8. The fraction of sp³-hybridized carbons (Fsp3) is 0.519. The van der Waals surface area contributed by atoms with E-state index in [1.54, 1.807) is 20.0 Å². The van der Waals surface area contributed by atoms with Crippen molar-refractivity contribution in [2.45, 2.75) is 77.5 Å². The molecule has 0 fully saturated rings. The van der Waals surface area contributed by atoms with Crippen LogP contribution in [0.1, 0.15) is 52.5 Å². The fourth-order valence-electron chi connectivity index (χ4n) is 4.22. The normalized spacial score (nSPS) is 14.4. The van der Waals surface area contributed by atoms with Crippen LogP contribution in [0.15, 0.2) is 30.5 Å². The molecule has 0 saturated carbocycles. The van der Waals surface area contributed by atoms with E-state index in [0.29, 0.717) is 6.42 Å². The second kappa shape index (κ2) is 14.3. The van der Waals surface area contributed by atoms with Crippen LogP contribution in [0.5, 0.6) is 0 Å². The van der Waals surface area contributed by atoms with E-state index < -0.39 is 59.7 Å². The van der Waals surface area contributed by atoms with Gasteiger partial charge in [-0.3, -0.25) is 19.2 Å². The van der Waals surface area contributed by atoms with Crippen LogP contribution in [0.25, 0.3) is 10.9 Å². The summed E-state index contributed by atoms with van der Waals surface area (Å²) in [4.78, 5) is 65.6. The summed E-state index contributed by atoms with van der Waals surface area (Å²) < 4.78 is 0. The van der Waals surface area contributed by atoms with Crippen molar-refractivity contribution in [3.8, 4) is 0 Å². The predicted molar refractivity (Wildman–Crippen MR) is 146 cm³/mol. The van der Waals surface area contributed by atoms with Gasteiger partial charge in [-0.15, -0.1) is 0 Å². The van der Waals surface area contributed by atoms with Gasteiger partial charge in [0.25, 0.3) is 0 Å². The summed E-state index contributed by atoms with van der Waals surface area (Å²) in [7, 11) is 0. The average molecular weight is 545 g/mol. The maximum atomic E-state index is 13.4. The van der Waals surface area contributed by atoms with Crippen LogP contribution >= 0.6 is 0 Å². The monoisotopic (exact) mass is 544 g/mol. The first kappa shape index (κ1) is 31.3. The number of carboxylic acid groups (broad SMARTS) is 1. The molecular weight excluding hydrogens is 504 g/mol. The molecule has 4 unspecified atom stereocenters. The summed E-state index contributed by atoms with van der Waals surface area (Å²) >= 11 is 0. The number of carboxylic acids is 1. The first-order valence-electron chi connectivity index (χ1n) is 13.0. The van der Waals surface area contributed by atoms with Gasteiger partial charge in [-0.1, -0.05) is 45.9 Å². The highest BCUT2D eigenvalue weighted by molar-refractivity contribution is 5.95. The first-order chi connectivity index (χ1) is 18.3. The van der Waals surface area contributed by atoms with Crippen molar-refractivity contribution in [3.63, 3.8) is 0 Å². The Kier molecular flexibility index (Phi) is 11.5. The molecule has 9 N–H and O–H groups in total. The Hall–Kier alpha value is -3.93. The molecule has 4 atom stereocenters. The quantitative estimate of drug-likeness (QED) is 0.169. The van der Waals surface area contributed by atoms with Gasteiger partial charge in [-0.2, -0.15) is 0 Å². The Morgan fingerprint density at radius 3 is 2.13 bits per heavy atom. The third kappa shape index (κ3) is 9.40. The SMILES string of the molecule is CC(C)CC(N)C(=O)NC(CCC(N)=O)C(=O)NC(Cc1c[nH]c2ccccc12)C(=O)NC(C(=O)O)C(C)C. The highest BCUT2D eigenvalue weighted by Gasteiger charge is 2.32. The molecule has 0 radical (unpaired) electrons. The van der Waals surface area contributed by atoms with Crippen LogP contribution in [0, 0.1) is 11.8 Å². The maximum Gasteiger partial charge on any atom is 0.326 e. The summed E-state index contributed by atoms with van der Waals surface area (Å²) in [6.07, 6.45) is 1.84. The molecule has 12 heteroatoms. The number of aliphatic carboxylic acids is 1. The second-order valence-electron chi connectivity index (χ2n) is 10.5. The van der Waals surface area contributed by atoms with Crippen LogP contribution in [0.3, 0.4) is 0 Å². The van der Waals surface area contributed by atoms with Gasteiger partial charge in [0.15, 0.2) is 0 Å². The molecule has 1 heterocycles. The summed E-state index contributed by atoms with van der Waals surface area (Å²) in [6, 6.07) is 2.98. The Labute approximate surface area is 227 Å². The summed E-state index contributed by atoms with van der Waals surface area (Å²) in [5, 5.41) is 18.1. The smallest absolute Gasteiger partial charge is 0.326 e. The summed E-state index contributed by atoms with van der Waals surface area (Å²) in [5.41, 5.74) is 12.8. The van der Waals surface area contributed by atoms with E-state index in [-0.39, 0.29) is 25.2 Å². The second-order valence-corrected chi connectivity index (χ2v) is 10.5. The Morgan fingerprint density at radius 2 is 1.54 bits per heavy atom. The Bertz CT molecular complexity index is 1180. The zero-order valence-corrected chi connectivity index (χ0v) is 22.8. The van der Waals surface area contributed by atoms with Crippen molar-refractivity contribution in [2.24, 2.45) is 23.3 Å². The van der Waals surface area contributed by atoms with E-state index in [9.17, 15) is 29.1 Å². The van der Waals surface area contributed by atoms with Gasteiger partial charge < -0.3 is 37.5 Å². The standard InChI is InChI=1S/C27H40N6O6/c1-14(2)11-18(28)24(35)31-20(9-10-22(29)34)25(36)32-21(26(37)33-23(15(3)4)27(38)39)12-16-13-30-19-8-6-5-7-17(16)19/h5-8,13-15,18,20-21,23,30H,9-12,28H2,1-4H3,(H2,29,34)(H,31,35)(H,32,36)(H,33,37)(H,38,39). The van der Waals surface area contributed by atoms with Crippen molar-refractivity contribution in [3.05, 3.63) is 36.0 Å². The highest BCUT2D eigenvalue weighted by Crippen LogP contribution is 2.19. The number of aromatic amines is 1. The van der Waals surface area contributed by atoms with E-state index in [0.717, 1.165) is 16.5 Å². The van der Waals surface area contributed by atoms with E-state index >= 15 is 0 Å². The minimum Gasteiger partial charge on any atom is -0.480 e. The first-order valence-corrected chi connectivity index (χ1v) is 13.0. The number of primary amides is 1. The highest BCUT2D eigenvalue weighted by atomic mass is 16.4. The number of hydrogen-bond donors (Lipinski definition) is 7. The molecule has 12 nitrogen and oxygen atoms in total. The van der Waals surface area contributed by atoms with Gasteiger partial charge in [0, 0.05) is 29.9 Å². The van der Waals surface area contributed by atoms with Crippen molar-refractivity contribution in [1.82, 2.24) is 20.9 Å². The lowest BCUT2D eigenvalue weighted by atomic mass is 10.0. The molecule has 214 valence electrons. The molecule has 0 aliphatic carbocycles. The van der Waals surface area contributed by atoms with Gasteiger partial charge in [0.1, 0.15) is 18.1 Å². The number of benzene rings is 1. The molecule has 0 saturated heterocycles. The number of fused-ring (bicyclic) bond motifs is 1. The minimum atomic E-state index is -1.21. The van der Waals surface area contributed by atoms with Crippen molar-refractivity contribution < 1.29 is 29.1 Å². The number of rotatable bonds is 15. The largest absolute Gasteiger partial charge is 0.480 e. The topological polar surface area (TPSA) is 209 Å². The molecule has 1 aromatic carbocycles. The van der Waals surface area contributed by atoms with Crippen molar-refractivity contribution >= 4 is 40.5 Å². The Morgan fingerprint density at radius 1 is 0.923 bits per heavy atom. The summed E-state index contributed by atoms with van der Waals surface area (Å²) in [6.45, 7) is 7.12. The number of hydrogen-bond acceptors (Lipinski definition) is 6. The molecule has 4 amide bonds. The van der Waals surface area contributed by atoms with Crippen LogP contribution in [-0.4, -0.2) is 63.9 Å². The van der Waals surface area contributed by atoms with Crippen LogP contribution in [0.4, 0.5) is 0 Å². The number of para-hydroxylation sites is 1. The molecule has 2 rings (SSSR count). The van der Waals surface area contributed by atoms with Gasteiger partial charge in [0.05, 0.1) is 6.04 Å². The summed E-state index contributed by atoms with van der Waals surface area (Å²) in [5.74, 6) is -4.15. The number of carbonyl (C=O) groups is 5. The van der Waals surface area contributed by atoms with Gasteiger partial charge in [-0.05, 0) is 36.3 Å². The zero-order chi connectivity index (χ0) is 29.3. The number of amides is 4. The minimum absolute atomic E-state index is 0.0371. The van der Waals surface area contributed by atoms with E-state index in [1.165, 1.54) is 0 Å². The molecule has 39 heavy (non-hydrogen) atoms. The third-order valence-electron chi connectivity index (χ3n) is 6.34. The molecule has 2 aromatic rings. The van der Waals surface area contributed by atoms with Gasteiger partial charge in [0.2, 0.25) is 23.6 Å². The molecule has 1 aromatic heterocycles. The molecule has 0 aliphatic heterocycles. The molecule has 0 spiro atoms. The third-order valence-corrected chi connectivity index (χ3v) is 6.34. The van der Waals surface area contributed by atoms with Gasteiger partial charge >= 0.3 is 5.97 Å². The number of aromatic nitrogens is 1. The van der Waals surface area contributed by atoms with Crippen LogP contribution in [-0.2, 0) is 30.4 Å². The van der Waals surface area contributed by atoms with E-state index in [2.05, 4.69) is 20.9 Å². The number of nitrogens with one attached hydrogen (secondary N) is 4. The maximum absolute atomic E-state index is 13.4. The Balaban J connectivity index is 2.33. The van der Waals surface area contributed by atoms with E-state index in [1.807, 2.05) is 38.1 Å². The predicted octanol–water partition coefficient (Wildman–Crippen LogP) is 0.544. The number of H-pyrrole nitrogens is 1. The molecule has 0 bridgehead atoms. The lowest BCUT2D eigenvalue weighted by Crippen LogP contribution is -2.58. The van der Waals surface area contributed by atoms with E-state index in [4.69, 9.17) is 11.5 Å². The lowest BCUT2D eigenvalue weighted by Gasteiger charge is -2.26. The number of nitrogens with two attached hydrogens (primary N) is 2. The van der Waals surface area contributed by atoms with Crippen molar-refractivity contribution in [1.29, 1.82) is 0 Å². The van der Waals surface area contributed by atoms with Crippen LogP contribution in [0.2, 0.25) is 0 Å².